The largest absolute Gasteiger partial charge is 0.378 e. The summed E-state index contributed by atoms with van der Waals surface area (Å²) in [5.41, 5.74) is 0.337. The number of carbonyl (C=O) groups is 1. The van der Waals surface area contributed by atoms with E-state index in [1.807, 2.05) is 11.9 Å². The molecule has 30 heavy (non-hydrogen) atoms. The molecule has 0 radical (unpaired) electrons. The first-order chi connectivity index (χ1) is 14.7. The Balaban J connectivity index is 1.14. The summed E-state index contributed by atoms with van der Waals surface area (Å²) in [4.78, 5) is 23.8. The molecule has 3 heterocycles. The number of hydrogen-bond donors (Lipinski definition) is 1. The zero-order valence-electron chi connectivity index (χ0n) is 18.4. The van der Waals surface area contributed by atoms with E-state index in [1.54, 1.807) is 0 Å². The summed E-state index contributed by atoms with van der Waals surface area (Å²) >= 11 is 0. The van der Waals surface area contributed by atoms with Crippen molar-refractivity contribution in [1.82, 2.24) is 20.0 Å². The van der Waals surface area contributed by atoms with Gasteiger partial charge < -0.3 is 24.6 Å². The average molecular weight is 420 g/mol. The molecule has 3 atom stereocenters. The molecular weight excluding hydrogens is 382 g/mol. The van der Waals surface area contributed by atoms with Crippen molar-refractivity contribution in [2.24, 2.45) is 16.3 Å². The standard InChI is InChI=1S/C22H37N5O3/c1-23-21(24-19-17-4-13-30-20(17)22(19)5-2-3-6-22)27-9-7-25(8-10-27)16-18(28)26-11-14-29-15-12-26/h17,19-20H,2-16H2,1H3,(H,23,24). The third-order valence-corrected chi connectivity index (χ3v) is 8.18. The van der Waals surface area contributed by atoms with Crippen molar-refractivity contribution in [3.63, 3.8) is 0 Å². The van der Waals surface area contributed by atoms with Crippen LogP contribution in [-0.4, -0.2) is 111 Å². The van der Waals surface area contributed by atoms with Crippen LogP contribution in [0.25, 0.3) is 0 Å². The lowest BCUT2D eigenvalue weighted by Crippen LogP contribution is -2.70. The van der Waals surface area contributed by atoms with Crippen LogP contribution in [-0.2, 0) is 14.3 Å². The molecule has 0 aromatic carbocycles. The molecule has 2 saturated carbocycles. The van der Waals surface area contributed by atoms with Crippen LogP contribution in [0.2, 0.25) is 0 Å². The maximum atomic E-state index is 12.5. The first-order valence-corrected chi connectivity index (χ1v) is 11.9. The Kier molecular flexibility index (Phi) is 5.90. The number of piperazine rings is 1. The Morgan fingerprint density at radius 2 is 1.77 bits per heavy atom. The normalized spacial score (nSPS) is 34.2. The predicted molar refractivity (Wildman–Crippen MR) is 114 cm³/mol. The van der Waals surface area contributed by atoms with Gasteiger partial charge in [-0.05, 0) is 19.3 Å². The SMILES string of the molecule is CN=C(NC1C2CCOC2C12CCCC2)N1CCN(CC(=O)N2CCOCC2)CC1. The number of rotatable bonds is 3. The zero-order chi connectivity index (χ0) is 20.6. The Hall–Kier alpha value is -1.38. The van der Waals surface area contributed by atoms with E-state index in [1.165, 1.54) is 32.1 Å². The van der Waals surface area contributed by atoms with Crippen molar-refractivity contribution in [3.8, 4) is 0 Å². The second kappa shape index (κ2) is 8.63. The molecule has 1 N–H and O–H groups in total. The summed E-state index contributed by atoms with van der Waals surface area (Å²) in [5, 5.41) is 3.87. The van der Waals surface area contributed by atoms with Gasteiger partial charge in [-0.1, -0.05) is 12.8 Å². The average Bonchev–Trinajstić information content (AvgIpc) is 3.45. The van der Waals surface area contributed by atoms with E-state index >= 15 is 0 Å². The number of amides is 1. The van der Waals surface area contributed by atoms with Crippen LogP contribution in [0.5, 0.6) is 0 Å². The maximum absolute atomic E-state index is 12.5. The number of hydrogen-bond acceptors (Lipinski definition) is 5. The number of ether oxygens (including phenoxy) is 2. The lowest BCUT2D eigenvalue weighted by molar-refractivity contribution is -0.136. The number of fused-ring (bicyclic) bond motifs is 2. The van der Waals surface area contributed by atoms with Crippen LogP contribution in [0.3, 0.4) is 0 Å². The van der Waals surface area contributed by atoms with Gasteiger partial charge in [0.05, 0.1) is 25.9 Å². The van der Waals surface area contributed by atoms with Crippen molar-refractivity contribution < 1.29 is 14.3 Å². The van der Waals surface area contributed by atoms with E-state index in [-0.39, 0.29) is 5.91 Å². The molecule has 5 fully saturated rings. The van der Waals surface area contributed by atoms with E-state index in [0.29, 0.717) is 43.2 Å². The van der Waals surface area contributed by atoms with Crippen LogP contribution in [0, 0.1) is 11.3 Å². The number of nitrogens with one attached hydrogen (secondary N) is 1. The quantitative estimate of drug-likeness (QED) is 0.527. The van der Waals surface area contributed by atoms with Crippen LogP contribution in [0.1, 0.15) is 32.1 Å². The van der Waals surface area contributed by atoms with E-state index in [9.17, 15) is 4.79 Å². The van der Waals surface area contributed by atoms with Crippen molar-refractivity contribution in [2.75, 3.05) is 72.7 Å². The first kappa shape index (κ1) is 20.5. The van der Waals surface area contributed by atoms with Crippen LogP contribution in [0.15, 0.2) is 4.99 Å². The number of morpholine rings is 1. The monoisotopic (exact) mass is 419 g/mol. The molecule has 1 amide bonds. The van der Waals surface area contributed by atoms with Crippen molar-refractivity contribution >= 4 is 11.9 Å². The molecule has 5 aliphatic rings. The summed E-state index contributed by atoms with van der Waals surface area (Å²) in [7, 11) is 1.90. The van der Waals surface area contributed by atoms with Crippen LogP contribution < -0.4 is 5.32 Å². The molecule has 8 nitrogen and oxygen atoms in total. The van der Waals surface area contributed by atoms with Gasteiger partial charge in [-0.25, -0.2) is 0 Å². The Labute approximate surface area is 179 Å². The molecule has 3 unspecified atom stereocenters. The molecule has 8 heteroatoms. The van der Waals surface area contributed by atoms with E-state index < -0.39 is 0 Å². The van der Waals surface area contributed by atoms with Gasteiger partial charge in [0.1, 0.15) is 0 Å². The van der Waals surface area contributed by atoms with E-state index in [4.69, 9.17) is 9.47 Å². The van der Waals surface area contributed by atoms with Gasteiger partial charge in [-0.15, -0.1) is 0 Å². The molecule has 0 bridgehead atoms. The number of carbonyl (C=O) groups excluding carboxylic acids is 1. The lowest BCUT2D eigenvalue weighted by atomic mass is 9.54. The highest BCUT2D eigenvalue weighted by Gasteiger charge is 2.65. The van der Waals surface area contributed by atoms with Gasteiger partial charge in [0.25, 0.3) is 0 Å². The van der Waals surface area contributed by atoms with Gasteiger partial charge in [-0.3, -0.25) is 14.7 Å². The molecule has 2 aliphatic carbocycles. The smallest absolute Gasteiger partial charge is 0.236 e. The first-order valence-electron chi connectivity index (χ1n) is 11.9. The Morgan fingerprint density at radius 1 is 1.03 bits per heavy atom. The van der Waals surface area contributed by atoms with Crippen LogP contribution >= 0.6 is 0 Å². The van der Waals surface area contributed by atoms with Gasteiger partial charge >= 0.3 is 0 Å². The highest BCUT2D eigenvalue weighted by Crippen LogP contribution is 2.60. The lowest BCUT2D eigenvalue weighted by Gasteiger charge is -2.57. The van der Waals surface area contributed by atoms with Gasteiger partial charge in [0.2, 0.25) is 5.91 Å². The number of guanidine groups is 1. The summed E-state index contributed by atoms with van der Waals surface area (Å²) in [6.45, 7) is 7.86. The second-order valence-electron chi connectivity index (χ2n) is 9.61. The maximum Gasteiger partial charge on any atom is 0.236 e. The number of aliphatic imine (C=N–C) groups is 1. The minimum absolute atomic E-state index is 0.235. The van der Waals surface area contributed by atoms with Gasteiger partial charge in [-0.2, -0.15) is 0 Å². The van der Waals surface area contributed by atoms with Crippen molar-refractivity contribution in [3.05, 3.63) is 0 Å². The molecule has 1 spiro atoms. The molecule has 3 saturated heterocycles. The fourth-order valence-corrected chi connectivity index (χ4v) is 6.56. The van der Waals surface area contributed by atoms with E-state index in [0.717, 1.165) is 51.8 Å². The molecule has 3 aliphatic heterocycles. The fourth-order valence-electron chi connectivity index (χ4n) is 6.56. The summed E-state index contributed by atoms with van der Waals surface area (Å²) < 4.78 is 11.5. The van der Waals surface area contributed by atoms with Gasteiger partial charge in [0.15, 0.2) is 5.96 Å². The molecule has 168 valence electrons. The summed E-state index contributed by atoms with van der Waals surface area (Å²) in [6.07, 6.45) is 6.90. The highest BCUT2D eigenvalue weighted by molar-refractivity contribution is 5.81. The van der Waals surface area contributed by atoms with Crippen molar-refractivity contribution in [2.45, 2.75) is 44.2 Å². The molecule has 0 aromatic rings. The molecule has 5 rings (SSSR count). The summed E-state index contributed by atoms with van der Waals surface area (Å²) in [6, 6.07) is 0.507. The second-order valence-corrected chi connectivity index (χ2v) is 9.61. The topological polar surface area (TPSA) is 69.6 Å². The number of nitrogens with zero attached hydrogens (tertiary/aromatic N) is 4. The van der Waals surface area contributed by atoms with Crippen LogP contribution in [0.4, 0.5) is 0 Å². The highest BCUT2D eigenvalue weighted by atomic mass is 16.5. The Morgan fingerprint density at radius 3 is 2.47 bits per heavy atom. The van der Waals surface area contributed by atoms with E-state index in [2.05, 4.69) is 20.1 Å². The minimum atomic E-state index is 0.235. The molecule has 0 aromatic heterocycles. The third-order valence-electron chi connectivity index (χ3n) is 8.18. The zero-order valence-corrected chi connectivity index (χ0v) is 18.4. The third kappa shape index (κ3) is 3.60. The van der Waals surface area contributed by atoms with Crippen molar-refractivity contribution in [1.29, 1.82) is 0 Å². The Bertz CT molecular complexity index is 651. The molecular formula is C22H37N5O3. The summed E-state index contributed by atoms with van der Waals surface area (Å²) in [5.74, 6) is 1.92. The minimum Gasteiger partial charge on any atom is -0.378 e. The van der Waals surface area contributed by atoms with Gasteiger partial charge in [0, 0.05) is 70.3 Å². The fraction of sp³-hybridized carbons (Fsp3) is 0.909. The predicted octanol–water partition coefficient (Wildman–Crippen LogP) is 0.386.